The van der Waals surface area contributed by atoms with Gasteiger partial charge in [-0.1, -0.05) is 103 Å². The molecule has 32 heavy (non-hydrogen) atoms. The smallest absolute Gasteiger partial charge is 0.124 e. The van der Waals surface area contributed by atoms with Crippen LogP contribution in [0.15, 0.2) is 84.9 Å². The van der Waals surface area contributed by atoms with E-state index in [1.54, 1.807) is 6.07 Å². The van der Waals surface area contributed by atoms with Crippen molar-refractivity contribution in [3.63, 3.8) is 0 Å². The van der Waals surface area contributed by atoms with E-state index in [0.717, 1.165) is 29.7 Å². The van der Waals surface area contributed by atoms with Crippen molar-refractivity contribution in [2.75, 3.05) is 0 Å². The van der Waals surface area contributed by atoms with Crippen molar-refractivity contribution in [2.24, 2.45) is 0 Å². The van der Waals surface area contributed by atoms with Gasteiger partial charge in [-0.05, 0) is 41.0 Å². The number of rotatable bonds is 9. The number of benzene rings is 4. The van der Waals surface area contributed by atoms with Crippen LogP contribution in [0.1, 0.15) is 42.5 Å². The molecule has 1 N–H and O–H groups in total. The first kappa shape index (κ1) is 22.7. The van der Waals surface area contributed by atoms with Crippen molar-refractivity contribution < 1.29 is 4.74 Å². The Labute approximate surface area is 200 Å². The Bertz CT molecular complexity index is 1180. The molecule has 4 aromatic carbocycles. The molecule has 0 amide bonds. The lowest BCUT2D eigenvalue weighted by atomic mass is 10.00. The highest BCUT2D eigenvalue weighted by Crippen LogP contribution is 2.31. The summed E-state index contributed by atoms with van der Waals surface area (Å²) in [5, 5.41) is 7.42. The lowest BCUT2D eigenvalue weighted by molar-refractivity contribution is 0.302. The Morgan fingerprint density at radius 3 is 2.44 bits per heavy atom. The number of halogens is 2. The monoisotopic (exact) mass is 463 g/mol. The molecule has 0 aromatic heterocycles. The summed E-state index contributed by atoms with van der Waals surface area (Å²) in [6.07, 6.45) is 2.19. The van der Waals surface area contributed by atoms with Gasteiger partial charge in [-0.3, -0.25) is 0 Å². The zero-order valence-corrected chi connectivity index (χ0v) is 19.7. The molecule has 0 saturated carbocycles. The van der Waals surface area contributed by atoms with Gasteiger partial charge in [-0.15, -0.1) is 0 Å². The van der Waals surface area contributed by atoms with Gasteiger partial charge in [0.2, 0.25) is 0 Å². The molecule has 0 bridgehead atoms. The number of fused-ring (bicyclic) bond motifs is 1. The van der Waals surface area contributed by atoms with Gasteiger partial charge in [0.25, 0.3) is 0 Å². The number of ether oxygens (including phenoxy) is 1. The molecule has 0 aliphatic rings. The van der Waals surface area contributed by atoms with Crippen LogP contribution in [-0.2, 0) is 13.2 Å². The van der Waals surface area contributed by atoms with E-state index in [4.69, 9.17) is 27.9 Å². The van der Waals surface area contributed by atoms with Crippen LogP contribution in [0.3, 0.4) is 0 Å². The van der Waals surface area contributed by atoms with Crippen molar-refractivity contribution in [2.45, 2.75) is 39.0 Å². The van der Waals surface area contributed by atoms with E-state index in [0.29, 0.717) is 29.2 Å². The summed E-state index contributed by atoms with van der Waals surface area (Å²) in [7, 11) is 0. The third-order valence-electron chi connectivity index (χ3n) is 5.70. The molecule has 0 aliphatic heterocycles. The van der Waals surface area contributed by atoms with E-state index >= 15 is 0 Å². The molecule has 4 heteroatoms. The summed E-state index contributed by atoms with van der Waals surface area (Å²) >= 11 is 12.4. The van der Waals surface area contributed by atoms with E-state index < -0.39 is 0 Å². The maximum atomic E-state index is 6.36. The van der Waals surface area contributed by atoms with E-state index in [9.17, 15) is 0 Å². The van der Waals surface area contributed by atoms with Gasteiger partial charge in [0, 0.05) is 33.8 Å². The van der Waals surface area contributed by atoms with Crippen LogP contribution >= 0.6 is 23.2 Å². The average Bonchev–Trinajstić information content (AvgIpc) is 2.82. The summed E-state index contributed by atoms with van der Waals surface area (Å²) in [5.74, 6) is 0.866. The van der Waals surface area contributed by atoms with Crippen molar-refractivity contribution in [3.05, 3.63) is 112 Å². The topological polar surface area (TPSA) is 21.3 Å². The van der Waals surface area contributed by atoms with Gasteiger partial charge in [-0.2, -0.15) is 0 Å². The molecule has 164 valence electrons. The SMILES string of the molecule is CCCC(NCc1c(OCc2ccc(Cl)cc2Cl)ccc2ccccc12)c1ccccc1. The van der Waals surface area contributed by atoms with Gasteiger partial charge in [0.1, 0.15) is 12.4 Å². The van der Waals surface area contributed by atoms with Gasteiger partial charge in [0.05, 0.1) is 0 Å². The Kier molecular flexibility index (Phi) is 7.70. The second kappa shape index (κ2) is 10.9. The first-order valence-corrected chi connectivity index (χ1v) is 11.8. The van der Waals surface area contributed by atoms with Crippen LogP contribution in [0.5, 0.6) is 5.75 Å². The molecule has 1 atom stereocenters. The molecule has 2 nitrogen and oxygen atoms in total. The standard InChI is InChI=1S/C28H27Cl2NO/c1-2-8-27(21-10-4-3-5-11-21)31-18-25-24-12-7-6-9-20(24)14-16-28(25)32-19-22-13-15-23(29)17-26(22)30/h3-7,9-17,27,31H,2,8,18-19H2,1H3. The quantitative estimate of drug-likeness (QED) is 0.269. The molecular weight excluding hydrogens is 437 g/mol. The van der Waals surface area contributed by atoms with Gasteiger partial charge < -0.3 is 10.1 Å². The average molecular weight is 464 g/mol. The maximum Gasteiger partial charge on any atom is 0.124 e. The fourth-order valence-electron chi connectivity index (χ4n) is 4.01. The molecule has 1 unspecified atom stereocenters. The zero-order chi connectivity index (χ0) is 22.3. The molecule has 0 saturated heterocycles. The zero-order valence-electron chi connectivity index (χ0n) is 18.2. The molecule has 0 fully saturated rings. The summed E-state index contributed by atoms with van der Waals surface area (Å²) < 4.78 is 6.28. The molecule has 0 aliphatic carbocycles. The third kappa shape index (κ3) is 5.45. The van der Waals surface area contributed by atoms with Crippen LogP contribution in [-0.4, -0.2) is 0 Å². The van der Waals surface area contributed by atoms with Crippen LogP contribution in [0.25, 0.3) is 10.8 Å². The van der Waals surface area contributed by atoms with Gasteiger partial charge in [0.15, 0.2) is 0 Å². The molecule has 0 radical (unpaired) electrons. The van der Waals surface area contributed by atoms with Crippen molar-refractivity contribution in [1.82, 2.24) is 5.32 Å². The minimum absolute atomic E-state index is 0.290. The van der Waals surface area contributed by atoms with Crippen LogP contribution in [0.2, 0.25) is 10.0 Å². The summed E-state index contributed by atoms with van der Waals surface area (Å²) in [4.78, 5) is 0. The lowest BCUT2D eigenvalue weighted by Gasteiger charge is -2.21. The minimum Gasteiger partial charge on any atom is -0.488 e. The molecule has 4 aromatic rings. The Morgan fingerprint density at radius 2 is 1.66 bits per heavy atom. The molecule has 0 spiro atoms. The summed E-state index contributed by atoms with van der Waals surface area (Å²) in [6, 6.07) is 29.0. The molecular formula is C28H27Cl2NO. The highest BCUT2D eigenvalue weighted by atomic mass is 35.5. The number of nitrogens with one attached hydrogen (secondary N) is 1. The van der Waals surface area contributed by atoms with E-state index in [-0.39, 0.29) is 0 Å². The van der Waals surface area contributed by atoms with Crippen LogP contribution in [0, 0.1) is 0 Å². The van der Waals surface area contributed by atoms with E-state index in [1.807, 2.05) is 12.1 Å². The van der Waals surface area contributed by atoms with Gasteiger partial charge in [-0.25, -0.2) is 0 Å². The second-order valence-electron chi connectivity index (χ2n) is 7.92. The Hall–Kier alpha value is -2.52. The van der Waals surface area contributed by atoms with E-state index in [1.165, 1.54) is 16.3 Å². The van der Waals surface area contributed by atoms with Crippen molar-refractivity contribution in [3.8, 4) is 5.75 Å². The fourth-order valence-corrected chi connectivity index (χ4v) is 4.48. The van der Waals surface area contributed by atoms with Crippen LogP contribution < -0.4 is 10.1 Å². The van der Waals surface area contributed by atoms with Crippen molar-refractivity contribution in [1.29, 1.82) is 0 Å². The van der Waals surface area contributed by atoms with E-state index in [2.05, 4.69) is 79.0 Å². The number of hydrogen-bond donors (Lipinski definition) is 1. The first-order valence-electron chi connectivity index (χ1n) is 11.0. The maximum absolute atomic E-state index is 6.36. The minimum atomic E-state index is 0.290. The number of hydrogen-bond acceptors (Lipinski definition) is 2. The Balaban J connectivity index is 1.61. The third-order valence-corrected chi connectivity index (χ3v) is 6.29. The predicted molar refractivity (Wildman–Crippen MR) is 136 cm³/mol. The fraction of sp³-hybridized carbons (Fsp3) is 0.214. The van der Waals surface area contributed by atoms with Gasteiger partial charge >= 0.3 is 0 Å². The van der Waals surface area contributed by atoms with Crippen molar-refractivity contribution >= 4 is 34.0 Å². The second-order valence-corrected chi connectivity index (χ2v) is 8.76. The highest BCUT2D eigenvalue weighted by Gasteiger charge is 2.14. The van der Waals surface area contributed by atoms with Crippen LogP contribution in [0.4, 0.5) is 0 Å². The molecule has 0 heterocycles. The highest BCUT2D eigenvalue weighted by molar-refractivity contribution is 6.35. The first-order chi connectivity index (χ1) is 15.7. The summed E-state index contributed by atoms with van der Waals surface area (Å²) in [6.45, 7) is 3.32. The normalized spacial score (nSPS) is 12.1. The largest absolute Gasteiger partial charge is 0.488 e. The Morgan fingerprint density at radius 1 is 0.875 bits per heavy atom. The lowest BCUT2D eigenvalue weighted by Crippen LogP contribution is -2.21. The predicted octanol–water partition coefficient (Wildman–Crippen LogP) is 8.36. The summed E-state index contributed by atoms with van der Waals surface area (Å²) in [5.41, 5.74) is 3.38. The molecule has 4 rings (SSSR count).